The third kappa shape index (κ3) is 3.60. The van der Waals surface area contributed by atoms with Crippen molar-refractivity contribution in [3.63, 3.8) is 0 Å². The molecule has 0 saturated carbocycles. The number of piperidine rings is 1. The molecule has 0 spiro atoms. The lowest BCUT2D eigenvalue weighted by atomic mass is 9.94. The van der Waals surface area contributed by atoms with Crippen molar-refractivity contribution in [3.05, 3.63) is 42.6 Å². The van der Waals surface area contributed by atoms with Crippen LogP contribution in [0, 0.1) is 0 Å². The van der Waals surface area contributed by atoms with Crippen molar-refractivity contribution in [1.82, 2.24) is 19.9 Å². The first-order valence-electron chi connectivity index (χ1n) is 7.86. The fourth-order valence-corrected chi connectivity index (χ4v) is 2.85. The molecule has 1 aliphatic rings. The normalized spacial score (nSPS) is 19.3. The number of rotatable bonds is 4. The van der Waals surface area contributed by atoms with Gasteiger partial charge >= 0.3 is 0 Å². The summed E-state index contributed by atoms with van der Waals surface area (Å²) in [6.07, 6.45) is 9.28. The van der Waals surface area contributed by atoms with E-state index in [1.807, 2.05) is 18.3 Å². The Morgan fingerprint density at radius 2 is 2.14 bits per heavy atom. The van der Waals surface area contributed by atoms with Crippen LogP contribution in [0.2, 0.25) is 0 Å². The minimum Gasteiger partial charge on any atom is -0.436 e. The van der Waals surface area contributed by atoms with E-state index >= 15 is 0 Å². The molecule has 0 radical (unpaired) electrons. The number of ether oxygens (including phenoxy) is 1. The monoisotopic (exact) mass is 298 g/mol. The van der Waals surface area contributed by atoms with Gasteiger partial charge in [0, 0.05) is 30.9 Å². The van der Waals surface area contributed by atoms with Crippen LogP contribution in [-0.2, 0) is 0 Å². The lowest BCUT2D eigenvalue weighted by molar-refractivity contribution is 0.166. The summed E-state index contributed by atoms with van der Waals surface area (Å²) in [7, 11) is 0. The molecule has 2 aromatic rings. The maximum atomic E-state index is 5.73. The fourth-order valence-electron chi connectivity index (χ4n) is 2.85. The number of hydrogen-bond acceptors (Lipinski definition) is 5. The van der Waals surface area contributed by atoms with Gasteiger partial charge in [0.15, 0.2) is 0 Å². The summed E-state index contributed by atoms with van der Waals surface area (Å²) in [4.78, 5) is 15.5. The quantitative estimate of drug-likeness (QED) is 0.867. The Bertz CT molecular complexity index is 603. The Labute approximate surface area is 131 Å². The molecule has 1 atom stereocenters. The summed E-state index contributed by atoms with van der Waals surface area (Å²) in [5, 5.41) is 0. The topological polar surface area (TPSA) is 51.1 Å². The smallest absolute Gasteiger partial charge is 0.238 e. The van der Waals surface area contributed by atoms with Gasteiger partial charge in [-0.05, 0) is 45.4 Å². The molecule has 116 valence electrons. The van der Waals surface area contributed by atoms with Gasteiger partial charge in [-0.3, -0.25) is 9.97 Å². The van der Waals surface area contributed by atoms with Gasteiger partial charge in [-0.25, -0.2) is 4.98 Å². The van der Waals surface area contributed by atoms with E-state index in [4.69, 9.17) is 4.74 Å². The molecule has 3 heterocycles. The summed E-state index contributed by atoms with van der Waals surface area (Å²) in [6.45, 7) is 6.71. The second-order valence-corrected chi connectivity index (χ2v) is 6.00. The third-order valence-electron chi connectivity index (χ3n) is 4.09. The Hall–Kier alpha value is -2.01. The highest BCUT2D eigenvalue weighted by Gasteiger charge is 2.24. The van der Waals surface area contributed by atoms with Crippen LogP contribution in [0.15, 0.2) is 36.9 Å². The predicted molar refractivity (Wildman–Crippen MR) is 85.0 cm³/mol. The van der Waals surface area contributed by atoms with Gasteiger partial charge in [-0.2, -0.15) is 0 Å². The second kappa shape index (κ2) is 6.83. The van der Waals surface area contributed by atoms with Crippen LogP contribution in [0.5, 0.6) is 11.6 Å². The van der Waals surface area contributed by atoms with Gasteiger partial charge in [-0.1, -0.05) is 0 Å². The zero-order chi connectivity index (χ0) is 15.4. The molecular formula is C17H22N4O. The van der Waals surface area contributed by atoms with E-state index in [1.165, 1.54) is 13.0 Å². The molecule has 5 heteroatoms. The van der Waals surface area contributed by atoms with Crippen molar-refractivity contribution in [2.45, 2.75) is 38.6 Å². The lowest BCUT2D eigenvalue weighted by Gasteiger charge is -2.35. The van der Waals surface area contributed by atoms with E-state index in [-0.39, 0.29) is 0 Å². The van der Waals surface area contributed by atoms with Crippen molar-refractivity contribution in [2.24, 2.45) is 0 Å². The average molecular weight is 298 g/mol. The molecule has 2 aromatic heterocycles. The van der Waals surface area contributed by atoms with Gasteiger partial charge in [0.1, 0.15) is 5.75 Å². The van der Waals surface area contributed by atoms with Crippen LogP contribution in [0.25, 0.3) is 0 Å². The van der Waals surface area contributed by atoms with Crippen LogP contribution in [0.4, 0.5) is 0 Å². The highest BCUT2D eigenvalue weighted by atomic mass is 16.5. The van der Waals surface area contributed by atoms with E-state index in [9.17, 15) is 0 Å². The first-order chi connectivity index (χ1) is 10.7. The molecule has 5 nitrogen and oxygen atoms in total. The number of likely N-dealkylation sites (tertiary alicyclic amines) is 1. The predicted octanol–water partition coefficient (Wildman–Crippen LogP) is 3.25. The summed E-state index contributed by atoms with van der Waals surface area (Å²) in [6, 6.07) is 4.28. The Kier molecular flexibility index (Phi) is 4.63. The van der Waals surface area contributed by atoms with Gasteiger partial charge in [-0.15, -0.1) is 0 Å². The highest BCUT2D eigenvalue weighted by molar-refractivity contribution is 5.23. The van der Waals surface area contributed by atoms with E-state index in [0.717, 1.165) is 18.7 Å². The first-order valence-corrected chi connectivity index (χ1v) is 7.86. The van der Waals surface area contributed by atoms with Gasteiger partial charge in [0.25, 0.3) is 0 Å². The number of nitrogens with zero attached hydrogens (tertiary/aromatic N) is 4. The van der Waals surface area contributed by atoms with Gasteiger partial charge < -0.3 is 9.64 Å². The minimum absolute atomic E-state index is 0.432. The average Bonchev–Trinajstić information content (AvgIpc) is 2.56. The zero-order valence-electron chi connectivity index (χ0n) is 13.1. The van der Waals surface area contributed by atoms with Crippen molar-refractivity contribution >= 4 is 0 Å². The fraction of sp³-hybridized carbons (Fsp3) is 0.471. The SMILES string of the molecule is CC(C)N1CCCC(c2cncc(Oc3cccnc3)n2)C1. The maximum absolute atomic E-state index is 5.73. The van der Waals surface area contributed by atoms with E-state index < -0.39 is 0 Å². The molecule has 1 unspecified atom stereocenters. The molecule has 0 bridgehead atoms. The van der Waals surface area contributed by atoms with Crippen LogP contribution >= 0.6 is 0 Å². The zero-order valence-corrected chi connectivity index (χ0v) is 13.1. The molecule has 3 rings (SSSR count). The molecule has 0 amide bonds. The van der Waals surface area contributed by atoms with Crippen molar-refractivity contribution in [3.8, 4) is 11.6 Å². The highest BCUT2D eigenvalue weighted by Crippen LogP contribution is 2.28. The summed E-state index contributed by atoms with van der Waals surface area (Å²) >= 11 is 0. The third-order valence-corrected chi connectivity index (χ3v) is 4.09. The van der Waals surface area contributed by atoms with Gasteiger partial charge in [0.2, 0.25) is 5.88 Å². The Morgan fingerprint density at radius 3 is 2.91 bits per heavy atom. The number of pyridine rings is 1. The summed E-state index contributed by atoms with van der Waals surface area (Å²) in [5.74, 6) is 1.65. The summed E-state index contributed by atoms with van der Waals surface area (Å²) in [5.41, 5.74) is 1.02. The van der Waals surface area contributed by atoms with Gasteiger partial charge in [0.05, 0.1) is 18.1 Å². The van der Waals surface area contributed by atoms with E-state index in [2.05, 4.69) is 33.7 Å². The van der Waals surface area contributed by atoms with Crippen molar-refractivity contribution < 1.29 is 4.74 Å². The van der Waals surface area contributed by atoms with Crippen LogP contribution in [-0.4, -0.2) is 39.0 Å². The van der Waals surface area contributed by atoms with Crippen molar-refractivity contribution in [2.75, 3.05) is 13.1 Å². The van der Waals surface area contributed by atoms with Crippen molar-refractivity contribution in [1.29, 1.82) is 0 Å². The number of aromatic nitrogens is 3. The Morgan fingerprint density at radius 1 is 1.23 bits per heavy atom. The molecule has 0 aliphatic carbocycles. The van der Waals surface area contributed by atoms with Crippen LogP contribution in [0.3, 0.4) is 0 Å². The largest absolute Gasteiger partial charge is 0.436 e. The molecule has 0 aromatic carbocycles. The number of hydrogen-bond donors (Lipinski definition) is 0. The molecule has 1 fully saturated rings. The van der Waals surface area contributed by atoms with E-state index in [1.54, 1.807) is 18.6 Å². The minimum atomic E-state index is 0.432. The lowest BCUT2D eigenvalue weighted by Crippen LogP contribution is -2.39. The molecular weight excluding hydrogens is 276 g/mol. The Balaban J connectivity index is 1.73. The molecule has 1 aliphatic heterocycles. The first kappa shape index (κ1) is 14.9. The molecule has 22 heavy (non-hydrogen) atoms. The van der Waals surface area contributed by atoms with Crippen LogP contribution < -0.4 is 4.74 Å². The molecule has 0 N–H and O–H groups in total. The maximum Gasteiger partial charge on any atom is 0.238 e. The molecule has 1 saturated heterocycles. The van der Waals surface area contributed by atoms with E-state index in [0.29, 0.717) is 23.6 Å². The van der Waals surface area contributed by atoms with Crippen LogP contribution in [0.1, 0.15) is 38.3 Å². The second-order valence-electron chi connectivity index (χ2n) is 6.00. The summed E-state index contributed by atoms with van der Waals surface area (Å²) < 4.78 is 5.73. The standard InChI is InChI=1S/C17H22N4O/c1-13(2)21-8-4-5-14(12-21)16-10-19-11-17(20-16)22-15-6-3-7-18-9-15/h3,6-7,9-11,13-14H,4-5,8,12H2,1-2H3.